The summed E-state index contributed by atoms with van der Waals surface area (Å²) in [5.41, 5.74) is -1.25. The van der Waals surface area contributed by atoms with Gasteiger partial charge in [0.05, 0.1) is 16.3 Å². The predicted octanol–water partition coefficient (Wildman–Crippen LogP) is 2.04. The molecule has 0 aliphatic heterocycles. The van der Waals surface area contributed by atoms with Crippen molar-refractivity contribution in [2.75, 3.05) is 12.4 Å². The van der Waals surface area contributed by atoms with Crippen molar-refractivity contribution in [3.63, 3.8) is 0 Å². The third-order valence-electron chi connectivity index (χ3n) is 1.98. The zero-order chi connectivity index (χ0) is 13.9. The van der Waals surface area contributed by atoms with Crippen LogP contribution in [-0.4, -0.2) is 18.9 Å². The predicted molar refractivity (Wildman–Crippen MR) is 59.2 cm³/mol. The van der Waals surface area contributed by atoms with Gasteiger partial charge in [0.2, 0.25) is 0 Å². The summed E-state index contributed by atoms with van der Waals surface area (Å²) >= 11 is 5.62. The quantitative estimate of drug-likeness (QED) is 0.774. The number of anilines is 1. The number of alkyl halides is 3. The standard InChI is InChI=1S/C10H8ClF3N2O2/c1-15-8(17)9(18)16-7-4-5(10(12,13)14)2-3-6(7)11/h2-4H,1H3,(H,15,17)(H,16,18). The molecular weight excluding hydrogens is 273 g/mol. The number of hydrogen-bond acceptors (Lipinski definition) is 2. The second kappa shape index (κ2) is 5.26. The average molecular weight is 281 g/mol. The summed E-state index contributed by atoms with van der Waals surface area (Å²) in [7, 11) is 1.22. The van der Waals surface area contributed by atoms with Gasteiger partial charge in [0.15, 0.2) is 0 Å². The number of rotatable bonds is 1. The normalized spacial score (nSPS) is 10.9. The van der Waals surface area contributed by atoms with Crippen molar-refractivity contribution < 1.29 is 22.8 Å². The van der Waals surface area contributed by atoms with Crippen LogP contribution in [0.3, 0.4) is 0 Å². The first-order valence-corrected chi connectivity index (χ1v) is 5.03. The summed E-state index contributed by atoms with van der Waals surface area (Å²) in [4.78, 5) is 22.1. The molecule has 0 radical (unpaired) electrons. The molecular formula is C10H8ClF3N2O2. The fourth-order valence-corrected chi connectivity index (χ4v) is 1.25. The Morgan fingerprint density at radius 2 is 1.83 bits per heavy atom. The second-order valence-corrected chi connectivity index (χ2v) is 3.63. The molecule has 0 aliphatic carbocycles. The van der Waals surface area contributed by atoms with Crippen molar-refractivity contribution in [2.24, 2.45) is 0 Å². The summed E-state index contributed by atoms with van der Waals surface area (Å²) in [6.45, 7) is 0. The highest BCUT2D eigenvalue weighted by Gasteiger charge is 2.31. The molecule has 0 saturated heterocycles. The third-order valence-corrected chi connectivity index (χ3v) is 2.30. The zero-order valence-corrected chi connectivity index (χ0v) is 9.82. The van der Waals surface area contributed by atoms with Gasteiger partial charge in [0, 0.05) is 7.05 Å². The molecule has 98 valence electrons. The van der Waals surface area contributed by atoms with E-state index in [1.54, 1.807) is 0 Å². The van der Waals surface area contributed by atoms with E-state index in [4.69, 9.17) is 11.6 Å². The SMILES string of the molecule is CNC(=O)C(=O)Nc1cc(C(F)(F)F)ccc1Cl. The maximum Gasteiger partial charge on any atom is 0.416 e. The van der Waals surface area contributed by atoms with Crippen molar-refractivity contribution in [3.8, 4) is 0 Å². The summed E-state index contributed by atoms with van der Waals surface area (Å²) in [5, 5.41) is 3.93. The van der Waals surface area contributed by atoms with E-state index in [0.717, 1.165) is 12.1 Å². The topological polar surface area (TPSA) is 58.2 Å². The van der Waals surface area contributed by atoms with Gasteiger partial charge < -0.3 is 10.6 Å². The van der Waals surface area contributed by atoms with E-state index >= 15 is 0 Å². The Balaban J connectivity index is 3.02. The van der Waals surface area contributed by atoms with Crippen LogP contribution in [0, 0.1) is 0 Å². The summed E-state index contributed by atoms with van der Waals surface area (Å²) in [5.74, 6) is -2.08. The van der Waals surface area contributed by atoms with Crippen molar-refractivity contribution in [3.05, 3.63) is 28.8 Å². The number of carbonyl (C=O) groups is 2. The Morgan fingerprint density at radius 1 is 1.22 bits per heavy atom. The van der Waals surface area contributed by atoms with E-state index in [0.29, 0.717) is 6.07 Å². The minimum atomic E-state index is -4.56. The lowest BCUT2D eigenvalue weighted by Gasteiger charge is -2.11. The minimum Gasteiger partial charge on any atom is -0.351 e. The molecule has 0 aliphatic rings. The van der Waals surface area contributed by atoms with Crippen LogP contribution in [0.1, 0.15) is 5.56 Å². The van der Waals surface area contributed by atoms with Gasteiger partial charge in [-0.3, -0.25) is 9.59 Å². The molecule has 0 unspecified atom stereocenters. The molecule has 1 rings (SSSR count). The lowest BCUT2D eigenvalue weighted by Crippen LogP contribution is -2.32. The third kappa shape index (κ3) is 3.36. The second-order valence-electron chi connectivity index (χ2n) is 3.23. The number of carbonyl (C=O) groups excluding carboxylic acids is 2. The van der Waals surface area contributed by atoms with Crippen LogP contribution in [0.2, 0.25) is 5.02 Å². The van der Waals surface area contributed by atoms with Crippen molar-refractivity contribution >= 4 is 29.1 Å². The molecule has 0 spiro atoms. The molecule has 1 aromatic carbocycles. The Hall–Kier alpha value is -1.76. The Kier molecular flexibility index (Phi) is 4.18. The van der Waals surface area contributed by atoms with Gasteiger partial charge in [0.1, 0.15) is 0 Å². The Bertz CT molecular complexity index is 489. The largest absolute Gasteiger partial charge is 0.416 e. The van der Waals surface area contributed by atoms with E-state index in [9.17, 15) is 22.8 Å². The first-order valence-electron chi connectivity index (χ1n) is 4.65. The van der Waals surface area contributed by atoms with Gasteiger partial charge in [-0.1, -0.05) is 11.6 Å². The van der Waals surface area contributed by atoms with E-state index in [1.165, 1.54) is 7.05 Å². The van der Waals surface area contributed by atoms with Crippen LogP contribution in [0.5, 0.6) is 0 Å². The molecule has 0 aromatic heterocycles. The van der Waals surface area contributed by atoms with Crippen molar-refractivity contribution in [2.45, 2.75) is 6.18 Å². The molecule has 2 amide bonds. The monoisotopic (exact) mass is 280 g/mol. The first-order chi connectivity index (χ1) is 8.25. The van der Waals surface area contributed by atoms with Crippen molar-refractivity contribution in [1.29, 1.82) is 0 Å². The zero-order valence-electron chi connectivity index (χ0n) is 9.06. The van der Waals surface area contributed by atoms with Gasteiger partial charge in [0.25, 0.3) is 0 Å². The van der Waals surface area contributed by atoms with E-state index < -0.39 is 23.6 Å². The molecule has 0 bridgehead atoms. The van der Waals surface area contributed by atoms with Crippen LogP contribution in [0.25, 0.3) is 0 Å². The van der Waals surface area contributed by atoms with Crippen LogP contribution in [0.15, 0.2) is 18.2 Å². The van der Waals surface area contributed by atoms with E-state index in [-0.39, 0.29) is 10.7 Å². The van der Waals surface area contributed by atoms with Crippen LogP contribution in [-0.2, 0) is 15.8 Å². The van der Waals surface area contributed by atoms with Gasteiger partial charge in [-0.25, -0.2) is 0 Å². The molecule has 2 N–H and O–H groups in total. The molecule has 8 heteroatoms. The minimum absolute atomic E-state index is 0.0970. The van der Waals surface area contributed by atoms with Crippen LogP contribution in [0.4, 0.5) is 18.9 Å². The number of halogens is 4. The summed E-state index contributed by atoms with van der Waals surface area (Å²) < 4.78 is 37.3. The average Bonchev–Trinajstić information content (AvgIpc) is 2.29. The Labute approximate surface area is 105 Å². The van der Waals surface area contributed by atoms with Crippen LogP contribution < -0.4 is 10.6 Å². The molecule has 0 heterocycles. The molecule has 0 fully saturated rings. The van der Waals surface area contributed by atoms with E-state index in [1.807, 2.05) is 10.6 Å². The Morgan fingerprint density at radius 3 is 2.33 bits per heavy atom. The molecule has 1 aromatic rings. The molecule has 4 nitrogen and oxygen atoms in total. The molecule has 0 saturated carbocycles. The van der Waals surface area contributed by atoms with Crippen LogP contribution >= 0.6 is 11.6 Å². The lowest BCUT2D eigenvalue weighted by molar-refractivity contribution is -0.137. The maximum atomic E-state index is 12.4. The highest BCUT2D eigenvalue weighted by molar-refractivity contribution is 6.41. The number of likely N-dealkylation sites (N-methyl/N-ethyl adjacent to an activating group) is 1. The smallest absolute Gasteiger partial charge is 0.351 e. The van der Waals surface area contributed by atoms with Gasteiger partial charge >= 0.3 is 18.0 Å². The van der Waals surface area contributed by atoms with Gasteiger partial charge in [-0.15, -0.1) is 0 Å². The maximum absolute atomic E-state index is 12.4. The lowest BCUT2D eigenvalue weighted by atomic mass is 10.2. The van der Waals surface area contributed by atoms with Gasteiger partial charge in [-0.05, 0) is 18.2 Å². The van der Waals surface area contributed by atoms with Gasteiger partial charge in [-0.2, -0.15) is 13.2 Å². The first kappa shape index (κ1) is 14.3. The summed E-state index contributed by atoms with van der Waals surface area (Å²) in [6.07, 6.45) is -4.56. The highest BCUT2D eigenvalue weighted by atomic mass is 35.5. The summed E-state index contributed by atoms with van der Waals surface area (Å²) in [6, 6.07) is 2.42. The number of hydrogen-bond donors (Lipinski definition) is 2. The number of benzene rings is 1. The van der Waals surface area contributed by atoms with Crippen molar-refractivity contribution in [1.82, 2.24) is 5.32 Å². The van der Waals surface area contributed by atoms with E-state index in [2.05, 4.69) is 0 Å². The fraction of sp³-hybridized carbons (Fsp3) is 0.200. The fourth-order valence-electron chi connectivity index (χ4n) is 1.09. The number of nitrogens with one attached hydrogen (secondary N) is 2. The highest BCUT2D eigenvalue weighted by Crippen LogP contribution is 2.33. The molecule has 18 heavy (non-hydrogen) atoms. The number of amides is 2. The molecule has 0 atom stereocenters.